The predicted octanol–water partition coefficient (Wildman–Crippen LogP) is 2.81. The summed E-state index contributed by atoms with van der Waals surface area (Å²) in [6, 6.07) is 10.1. The first kappa shape index (κ1) is 14.8. The average Bonchev–Trinajstić information content (AvgIpc) is 2.75. The van der Waals surface area contributed by atoms with E-state index in [0.29, 0.717) is 0 Å². The van der Waals surface area contributed by atoms with Gasteiger partial charge in [0.05, 0.1) is 11.7 Å². The van der Waals surface area contributed by atoms with Crippen LogP contribution in [0.1, 0.15) is 35.9 Å². The van der Waals surface area contributed by atoms with Crippen LogP contribution >= 0.6 is 0 Å². The maximum absolute atomic E-state index is 6.14. The molecule has 0 aliphatic rings. The zero-order valence-electron chi connectivity index (χ0n) is 12.6. The molecule has 2 heterocycles. The monoisotopic (exact) mass is 273 g/mol. The SMILES string of the molecule is Cc1cccc(CN(C)C(c2ccc(C)o2)C(C)N)n1. The van der Waals surface area contributed by atoms with Crippen LogP contribution in [0.2, 0.25) is 0 Å². The smallest absolute Gasteiger partial charge is 0.122 e. The number of aryl methyl sites for hydroxylation is 2. The van der Waals surface area contributed by atoms with Crippen LogP contribution in [0, 0.1) is 13.8 Å². The van der Waals surface area contributed by atoms with Crippen molar-refractivity contribution in [1.82, 2.24) is 9.88 Å². The molecule has 0 aliphatic heterocycles. The van der Waals surface area contributed by atoms with Gasteiger partial charge < -0.3 is 10.2 Å². The first-order valence-electron chi connectivity index (χ1n) is 6.92. The number of nitrogens with zero attached hydrogens (tertiary/aromatic N) is 2. The van der Waals surface area contributed by atoms with E-state index in [9.17, 15) is 0 Å². The number of aromatic nitrogens is 1. The maximum Gasteiger partial charge on any atom is 0.122 e. The third kappa shape index (κ3) is 3.46. The third-order valence-corrected chi connectivity index (χ3v) is 3.38. The molecule has 4 heteroatoms. The fourth-order valence-corrected chi connectivity index (χ4v) is 2.53. The molecule has 0 bridgehead atoms. The molecule has 0 amide bonds. The van der Waals surface area contributed by atoms with E-state index in [1.165, 1.54) is 0 Å². The highest BCUT2D eigenvalue weighted by atomic mass is 16.3. The van der Waals surface area contributed by atoms with Gasteiger partial charge in [0.1, 0.15) is 11.5 Å². The lowest BCUT2D eigenvalue weighted by Crippen LogP contribution is -2.36. The van der Waals surface area contributed by atoms with Gasteiger partial charge in [-0.2, -0.15) is 0 Å². The van der Waals surface area contributed by atoms with Gasteiger partial charge in [-0.15, -0.1) is 0 Å². The van der Waals surface area contributed by atoms with E-state index in [-0.39, 0.29) is 12.1 Å². The van der Waals surface area contributed by atoms with E-state index < -0.39 is 0 Å². The topological polar surface area (TPSA) is 55.3 Å². The first-order chi connectivity index (χ1) is 9.47. The van der Waals surface area contributed by atoms with Gasteiger partial charge in [-0.05, 0) is 52.1 Å². The molecule has 2 N–H and O–H groups in total. The molecule has 2 aromatic heterocycles. The lowest BCUT2D eigenvalue weighted by molar-refractivity contribution is 0.181. The Balaban J connectivity index is 2.17. The Hall–Kier alpha value is -1.65. The van der Waals surface area contributed by atoms with Gasteiger partial charge in [-0.25, -0.2) is 0 Å². The van der Waals surface area contributed by atoms with E-state index in [1.807, 2.05) is 51.1 Å². The number of hydrogen-bond acceptors (Lipinski definition) is 4. The van der Waals surface area contributed by atoms with Crippen molar-refractivity contribution in [3.8, 4) is 0 Å². The minimum Gasteiger partial charge on any atom is -0.465 e. The Morgan fingerprint density at radius 3 is 2.55 bits per heavy atom. The first-order valence-corrected chi connectivity index (χ1v) is 6.92. The fourth-order valence-electron chi connectivity index (χ4n) is 2.53. The highest BCUT2D eigenvalue weighted by Crippen LogP contribution is 2.25. The van der Waals surface area contributed by atoms with Crippen LogP contribution in [0.4, 0.5) is 0 Å². The summed E-state index contributed by atoms with van der Waals surface area (Å²) in [5.74, 6) is 1.82. The molecule has 20 heavy (non-hydrogen) atoms. The van der Waals surface area contributed by atoms with E-state index in [2.05, 4.69) is 16.9 Å². The fraction of sp³-hybridized carbons (Fsp3) is 0.438. The molecule has 0 aliphatic carbocycles. The van der Waals surface area contributed by atoms with E-state index >= 15 is 0 Å². The zero-order chi connectivity index (χ0) is 14.7. The van der Waals surface area contributed by atoms with Crippen molar-refractivity contribution in [3.63, 3.8) is 0 Å². The van der Waals surface area contributed by atoms with Crippen molar-refractivity contribution in [2.75, 3.05) is 7.05 Å². The Bertz CT molecular complexity index is 562. The normalized spacial score (nSPS) is 14.5. The van der Waals surface area contributed by atoms with Gasteiger partial charge in [0.25, 0.3) is 0 Å². The molecule has 0 aromatic carbocycles. The summed E-state index contributed by atoms with van der Waals surface area (Å²) in [4.78, 5) is 6.73. The summed E-state index contributed by atoms with van der Waals surface area (Å²) in [5, 5.41) is 0. The lowest BCUT2D eigenvalue weighted by Gasteiger charge is -2.29. The molecule has 2 rings (SSSR count). The van der Waals surface area contributed by atoms with Crippen molar-refractivity contribution in [3.05, 3.63) is 53.2 Å². The molecule has 0 radical (unpaired) electrons. The summed E-state index contributed by atoms with van der Waals surface area (Å²) in [5.41, 5.74) is 8.21. The van der Waals surface area contributed by atoms with Crippen LogP contribution in [0.5, 0.6) is 0 Å². The van der Waals surface area contributed by atoms with Crippen molar-refractivity contribution in [2.45, 2.75) is 39.4 Å². The molecule has 108 valence electrons. The Morgan fingerprint density at radius 2 is 2.00 bits per heavy atom. The molecule has 2 unspecified atom stereocenters. The third-order valence-electron chi connectivity index (χ3n) is 3.38. The molecule has 2 aromatic rings. The van der Waals surface area contributed by atoms with Crippen molar-refractivity contribution in [2.24, 2.45) is 5.73 Å². The molecule has 4 nitrogen and oxygen atoms in total. The highest BCUT2D eigenvalue weighted by Gasteiger charge is 2.24. The van der Waals surface area contributed by atoms with Crippen molar-refractivity contribution < 1.29 is 4.42 Å². The van der Waals surface area contributed by atoms with Gasteiger partial charge in [0.2, 0.25) is 0 Å². The number of hydrogen-bond donors (Lipinski definition) is 1. The van der Waals surface area contributed by atoms with E-state index in [1.54, 1.807) is 0 Å². The second-order valence-corrected chi connectivity index (χ2v) is 5.44. The van der Waals surface area contributed by atoms with Crippen LogP contribution in [0.25, 0.3) is 0 Å². The number of furan rings is 1. The highest BCUT2D eigenvalue weighted by molar-refractivity contribution is 5.14. The molecule has 2 atom stereocenters. The average molecular weight is 273 g/mol. The lowest BCUT2D eigenvalue weighted by atomic mass is 10.1. The molecule has 0 saturated carbocycles. The summed E-state index contributed by atoms with van der Waals surface area (Å²) >= 11 is 0. The maximum atomic E-state index is 6.14. The van der Waals surface area contributed by atoms with Crippen LogP contribution in [0.15, 0.2) is 34.7 Å². The second-order valence-electron chi connectivity index (χ2n) is 5.44. The van der Waals surface area contributed by atoms with Crippen LogP contribution < -0.4 is 5.73 Å². The van der Waals surface area contributed by atoms with E-state index in [0.717, 1.165) is 29.5 Å². The Morgan fingerprint density at radius 1 is 1.25 bits per heavy atom. The summed E-state index contributed by atoms with van der Waals surface area (Å²) in [6.45, 7) is 6.70. The number of likely N-dealkylation sites (N-methyl/N-ethyl adjacent to an activating group) is 1. The van der Waals surface area contributed by atoms with Gasteiger partial charge in [-0.1, -0.05) is 6.07 Å². The van der Waals surface area contributed by atoms with Gasteiger partial charge in [-0.3, -0.25) is 9.88 Å². The van der Waals surface area contributed by atoms with Gasteiger partial charge in [0, 0.05) is 18.3 Å². The minimum atomic E-state index is -0.0182. The molecule has 0 saturated heterocycles. The molecular formula is C16H23N3O. The zero-order valence-corrected chi connectivity index (χ0v) is 12.6. The quantitative estimate of drug-likeness (QED) is 0.910. The second kappa shape index (κ2) is 6.20. The number of nitrogens with two attached hydrogens (primary N) is 1. The van der Waals surface area contributed by atoms with Crippen LogP contribution in [0.3, 0.4) is 0 Å². The molecular weight excluding hydrogens is 250 g/mol. The number of rotatable bonds is 5. The summed E-state index contributed by atoms with van der Waals surface area (Å²) in [6.07, 6.45) is 0. The molecule has 0 fully saturated rings. The van der Waals surface area contributed by atoms with Crippen molar-refractivity contribution >= 4 is 0 Å². The largest absolute Gasteiger partial charge is 0.465 e. The minimum absolute atomic E-state index is 0.0182. The van der Waals surface area contributed by atoms with Crippen molar-refractivity contribution in [1.29, 1.82) is 0 Å². The van der Waals surface area contributed by atoms with Gasteiger partial charge in [0.15, 0.2) is 0 Å². The summed E-state index contributed by atoms with van der Waals surface area (Å²) < 4.78 is 5.75. The van der Waals surface area contributed by atoms with E-state index in [4.69, 9.17) is 10.2 Å². The van der Waals surface area contributed by atoms with Crippen LogP contribution in [-0.2, 0) is 6.54 Å². The number of pyridine rings is 1. The predicted molar refractivity (Wildman–Crippen MR) is 80.3 cm³/mol. The standard InChI is InChI=1S/C16H23N3O/c1-11-6-5-7-14(18-11)10-19(4)16(13(3)17)15-9-8-12(2)20-15/h5-9,13,16H,10,17H2,1-4H3. The Kier molecular flexibility index (Phi) is 4.57. The Labute approximate surface area is 120 Å². The summed E-state index contributed by atoms with van der Waals surface area (Å²) in [7, 11) is 2.05. The van der Waals surface area contributed by atoms with Gasteiger partial charge >= 0.3 is 0 Å². The van der Waals surface area contributed by atoms with Crippen LogP contribution in [-0.4, -0.2) is 23.0 Å². The molecule has 0 spiro atoms.